The molecule has 0 atom stereocenters. The van der Waals surface area contributed by atoms with E-state index in [0.717, 1.165) is 5.69 Å². The number of ether oxygens (including phenoxy) is 1. The third-order valence-electron chi connectivity index (χ3n) is 4.19. The number of anilines is 1. The molecule has 0 bridgehead atoms. The average Bonchev–Trinajstić information content (AvgIpc) is 2.67. The van der Waals surface area contributed by atoms with Crippen LogP contribution in [0.1, 0.15) is 10.4 Å². The van der Waals surface area contributed by atoms with Gasteiger partial charge in [-0.1, -0.05) is 0 Å². The number of piperazine rings is 1. The van der Waals surface area contributed by atoms with E-state index in [1.807, 2.05) is 0 Å². The average molecular weight is 342 g/mol. The molecule has 0 spiro atoms. The maximum Gasteiger partial charge on any atom is 0.363 e. The van der Waals surface area contributed by atoms with Gasteiger partial charge >= 0.3 is 5.82 Å². The minimum absolute atomic E-state index is 0.0101. The third kappa shape index (κ3) is 3.68. The first-order valence-electron chi connectivity index (χ1n) is 7.87. The second-order valence-corrected chi connectivity index (χ2v) is 5.64. The first-order valence-corrected chi connectivity index (χ1v) is 7.87. The Morgan fingerprint density at radius 3 is 2.32 bits per heavy atom. The molecule has 1 saturated heterocycles. The summed E-state index contributed by atoms with van der Waals surface area (Å²) >= 11 is 0. The van der Waals surface area contributed by atoms with Crippen molar-refractivity contribution < 1.29 is 14.5 Å². The van der Waals surface area contributed by atoms with Crippen LogP contribution in [0.4, 0.5) is 11.5 Å². The number of rotatable bonds is 4. The summed E-state index contributed by atoms with van der Waals surface area (Å²) in [4.78, 5) is 30.4. The first-order chi connectivity index (χ1) is 12.1. The predicted octanol–water partition coefficient (Wildman–Crippen LogP) is 1.96. The second-order valence-electron chi connectivity index (χ2n) is 5.64. The molecule has 0 radical (unpaired) electrons. The van der Waals surface area contributed by atoms with Gasteiger partial charge in [-0.3, -0.25) is 4.79 Å². The molecular weight excluding hydrogens is 324 g/mol. The second kappa shape index (κ2) is 7.16. The molecule has 0 unspecified atom stereocenters. The summed E-state index contributed by atoms with van der Waals surface area (Å²) in [6, 6.07) is 10.1. The van der Waals surface area contributed by atoms with Crippen LogP contribution in [0.3, 0.4) is 0 Å². The first kappa shape index (κ1) is 16.7. The Balaban J connectivity index is 1.60. The van der Waals surface area contributed by atoms with Crippen LogP contribution in [0.25, 0.3) is 0 Å². The maximum atomic E-state index is 12.5. The van der Waals surface area contributed by atoms with Crippen LogP contribution < -0.4 is 9.64 Å². The van der Waals surface area contributed by atoms with Crippen molar-refractivity contribution in [2.45, 2.75) is 0 Å². The Kier molecular flexibility index (Phi) is 4.78. The molecule has 0 N–H and O–H groups in total. The van der Waals surface area contributed by atoms with Crippen molar-refractivity contribution in [2.75, 3.05) is 38.2 Å². The van der Waals surface area contributed by atoms with Crippen LogP contribution in [0, 0.1) is 10.1 Å². The molecule has 0 saturated carbocycles. The molecule has 1 amide bonds. The molecule has 1 aromatic heterocycles. The molecule has 3 rings (SSSR count). The van der Waals surface area contributed by atoms with Gasteiger partial charge in [-0.15, -0.1) is 0 Å². The van der Waals surface area contributed by atoms with E-state index >= 15 is 0 Å². The van der Waals surface area contributed by atoms with Gasteiger partial charge in [-0.2, -0.15) is 0 Å². The number of carbonyl (C=O) groups is 1. The lowest BCUT2D eigenvalue weighted by molar-refractivity contribution is -0.389. The SMILES string of the molecule is COc1ccc(C(=O)N2CCN(c3ccc([N+](=O)[O-])nc3)CC2)cc1. The van der Waals surface area contributed by atoms with Gasteiger partial charge in [0, 0.05) is 37.8 Å². The van der Waals surface area contributed by atoms with Gasteiger partial charge in [0.15, 0.2) is 6.20 Å². The summed E-state index contributed by atoms with van der Waals surface area (Å²) in [6.07, 6.45) is 1.50. The zero-order valence-corrected chi connectivity index (χ0v) is 13.8. The van der Waals surface area contributed by atoms with Crippen LogP contribution in [-0.2, 0) is 0 Å². The molecular formula is C17H18N4O4. The van der Waals surface area contributed by atoms with Gasteiger partial charge in [0.25, 0.3) is 5.91 Å². The molecule has 1 aliphatic heterocycles. The number of hydrogen-bond acceptors (Lipinski definition) is 6. The zero-order chi connectivity index (χ0) is 17.8. The molecule has 8 nitrogen and oxygen atoms in total. The summed E-state index contributed by atoms with van der Waals surface area (Å²) in [7, 11) is 1.59. The Bertz CT molecular complexity index is 753. The fraction of sp³-hybridized carbons (Fsp3) is 0.294. The van der Waals surface area contributed by atoms with Crippen molar-refractivity contribution >= 4 is 17.4 Å². The smallest absolute Gasteiger partial charge is 0.363 e. The topological polar surface area (TPSA) is 88.8 Å². The number of hydrogen-bond donors (Lipinski definition) is 0. The van der Waals surface area contributed by atoms with E-state index < -0.39 is 4.92 Å². The van der Waals surface area contributed by atoms with Crippen molar-refractivity contribution in [3.8, 4) is 5.75 Å². The molecule has 1 aromatic carbocycles. The fourth-order valence-electron chi connectivity index (χ4n) is 2.76. The lowest BCUT2D eigenvalue weighted by Gasteiger charge is -2.35. The van der Waals surface area contributed by atoms with Crippen molar-refractivity contribution in [1.29, 1.82) is 0 Å². The van der Waals surface area contributed by atoms with Crippen LogP contribution in [-0.4, -0.2) is 54.0 Å². The third-order valence-corrected chi connectivity index (χ3v) is 4.19. The predicted molar refractivity (Wildman–Crippen MR) is 92.0 cm³/mol. The Morgan fingerprint density at radius 2 is 1.80 bits per heavy atom. The fourth-order valence-corrected chi connectivity index (χ4v) is 2.76. The summed E-state index contributed by atoms with van der Waals surface area (Å²) in [5.74, 6) is 0.535. The molecule has 8 heteroatoms. The highest BCUT2D eigenvalue weighted by molar-refractivity contribution is 5.94. The minimum Gasteiger partial charge on any atom is -0.497 e. The van der Waals surface area contributed by atoms with Gasteiger partial charge in [-0.25, -0.2) is 0 Å². The minimum atomic E-state index is -0.519. The number of amides is 1. The molecule has 2 heterocycles. The summed E-state index contributed by atoms with van der Waals surface area (Å²) in [5.41, 5.74) is 1.45. The van der Waals surface area contributed by atoms with Crippen LogP contribution >= 0.6 is 0 Å². The highest BCUT2D eigenvalue weighted by atomic mass is 16.6. The molecule has 2 aromatic rings. The van der Waals surface area contributed by atoms with Crippen molar-refractivity contribution in [2.24, 2.45) is 0 Å². The largest absolute Gasteiger partial charge is 0.497 e. The molecule has 0 aliphatic carbocycles. The summed E-state index contributed by atoms with van der Waals surface area (Å²) in [5, 5.41) is 10.7. The van der Waals surface area contributed by atoms with E-state index in [0.29, 0.717) is 37.5 Å². The number of aromatic nitrogens is 1. The Labute approximate surface area is 144 Å². The van der Waals surface area contributed by atoms with Gasteiger partial charge in [0.2, 0.25) is 0 Å². The lowest BCUT2D eigenvalue weighted by Crippen LogP contribution is -2.48. The van der Waals surface area contributed by atoms with E-state index in [4.69, 9.17) is 4.74 Å². The quantitative estimate of drug-likeness (QED) is 0.623. The van der Waals surface area contributed by atoms with E-state index in [1.54, 1.807) is 42.3 Å². The molecule has 1 aliphatic rings. The normalized spacial score (nSPS) is 14.3. The van der Waals surface area contributed by atoms with Crippen molar-refractivity contribution in [3.05, 3.63) is 58.3 Å². The van der Waals surface area contributed by atoms with Crippen LogP contribution in [0.15, 0.2) is 42.6 Å². The van der Waals surface area contributed by atoms with E-state index in [2.05, 4.69) is 9.88 Å². The maximum absolute atomic E-state index is 12.5. The van der Waals surface area contributed by atoms with Crippen molar-refractivity contribution in [1.82, 2.24) is 9.88 Å². The van der Waals surface area contributed by atoms with Gasteiger partial charge in [-0.05, 0) is 40.2 Å². The number of nitrogens with zero attached hydrogens (tertiary/aromatic N) is 4. The summed E-state index contributed by atoms with van der Waals surface area (Å²) in [6.45, 7) is 2.48. The van der Waals surface area contributed by atoms with Crippen molar-refractivity contribution in [3.63, 3.8) is 0 Å². The number of benzene rings is 1. The van der Waals surface area contributed by atoms with Crippen LogP contribution in [0.2, 0.25) is 0 Å². The molecule has 130 valence electrons. The lowest BCUT2D eigenvalue weighted by atomic mass is 10.1. The number of methoxy groups -OCH3 is 1. The monoisotopic (exact) mass is 342 g/mol. The van der Waals surface area contributed by atoms with Gasteiger partial charge < -0.3 is 24.7 Å². The number of carbonyl (C=O) groups excluding carboxylic acids is 1. The Morgan fingerprint density at radius 1 is 1.12 bits per heavy atom. The highest BCUT2D eigenvalue weighted by Crippen LogP contribution is 2.19. The van der Waals surface area contributed by atoms with E-state index in [-0.39, 0.29) is 11.7 Å². The van der Waals surface area contributed by atoms with Gasteiger partial charge in [0.05, 0.1) is 12.8 Å². The summed E-state index contributed by atoms with van der Waals surface area (Å²) < 4.78 is 5.10. The molecule has 1 fully saturated rings. The van der Waals surface area contributed by atoms with E-state index in [9.17, 15) is 14.9 Å². The number of nitro groups is 1. The zero-order valence-electron chi connectivity index (χ0n) is 13.8. The number of pyridine rings is 1. The van der Waals surface area contributed by atoms with E-state index in [1.165, 1.54) is 12.3 Å². The standard InChI is InChI=1S/C17H18N4O4/c1-25-15-5-2-13(3-6-15)17(22)20-10-8-19(9-11-20)14-4-7-16(18-12-14)21(23)24/h2-7,12H,8-11H2,1H3. The Hall–Kier alpha value is -3.16. The highest BCUT2D eigenvalue weighted by Gasteiger charge is 2.23. The van der Waals surface area contributed by atoms with Crippen LogP contribution in [0.5, 0.6) is 5.75 Å². The van der Waals surface area contributed by atoms with Gasteiger partial charge in [0.1, 0.15) is 5.75 Å². The molecule has 25 heavy (non-hydrogen) atoms.